The van der Waals surface area contributed by atoms with Crippen molar-refractivity contribution < 1.29 is 29.0 Å². The molecule has 4 aromatic rings. The van der Waals surface area contributed by atoms with E-state index in [4.69, 9.17) is 4.74 Å². The summed E-state index contributed by atoms with van der Waals surface area (Å²) in [7, 11) is 0. The number of nitrogens with one attached hydrogen (secondary N) is 1. The van der Waals surface area contributed by atoms with Gasteiger partial charge in [0.1, 0.15) is 11.3 Å². The molecule has 0 unspecified atom stereocenters. The molecule has 0 aliphatic carbocycles. The number of hydrogen-bond donors (Lipinski definition) is 1. The van der Waals surface area contributed by atoms with Crippen LogP contribution in [0.4, 0.5) is 21.9 Å². The number of urea groups is 1. The van der Waals surface area contributed by atoms with Gasteiger partial charge in [-0.25, -0.2) is 9.69 Å². The molecular formula is C29H20BrN5O8. The molecule has 13 nitrogen and oxygen atoms in total. The molecule has 1 N–H and O–H groups in total. The molecule has 14 heteroatoms. The molecule has 43 heavy (non-hydrogen) atoms. The molecular weight excluding hydrogens is 626 g/mol. The summed E-state index contributed by atoms with van der Waals surface area (Å²) >= 11 is 3.32. The van der Waals surface area contributed by atoms with Crippen molar-refractivity contribution in [2.24, 2.45) is 0 Å². The van der Waals surface area contributed by atoms with Gasteiger partial charge in [-0.05, 0) is 80.1 Å². The number of nitro benzene ring substituents is 2. The number of carbonyl (C=O) groups is 3. The number of carbonyl (C=O) groups excluding carboxylic acids is 3. The average Bonchev–Trinajstić information content (AvgIpc) is 3.23. The zero-order valence-electron chi connectivity index (χ0n) is 22.4. The van der Waals surface area contributed by atoms with E-state index >= 15 is 0 Å². The van der Waals surface area contributed by atoms with Gasteiger partial charge in [-0.1, -0.05) is 22.0 Å². The molecule has 4 amide bonds. The summed E-state index contributed by atoms with van der Waals surface area (Å²) in [4.78, 5) is 60.4. The minimum absolute atomic E-state index is 0.156. The van der Waals surface area contributed by atoms with Gasteiger partial charge in [-0.15, -0.1) is 0 Å². The predicted molar refractivity (Wildman–Crippen MR) is 158 cm³/mol. The van der Waals surface area contributed by atoms with E-state index in [9.17, 15) is 34.6 Å². The Morgan fingerprint density at radius 1 is 0.884 bits per heavy atom. The summed E-state index contributed by atoms with van der Waals surface area (Å²) in [5, 5.41) is 24.6. The van der Waals surface area contributed by atoms with Crippen molar-refractivity contribution in [2.75, 3.05) is 4.90 Å². The van der Waals surface area contributed by atoms with Gasteiger partial charge in [-0.3, -0.25) is 35.1 Å². The second kappa shape index (κ2) is 11.3. The van der Waals surface area contributed by atoms with E-state index in [-0.39, 0.29) is 17.1 Å². The standard InChI is InChI=1S/C29H20BrN5O8/c1-16-12-18(13-24-27(36)31-29(38)33(28(24)37)21-5-3-4-19(30)14-21)17(2)32(16)20-6-9-23(10-7-20)43-26-11-8-22(34(39)40)15-25(26)35(41)42/h3-15H,1-2H3,(H,31,36,38)/b24-13+. The molecule has 0 radical (unpaired) electrons. The zero-order valence-corrected chi connectivity index (χ0v) is 24.0. The van der Waals surface area contributed by atoms with Gasteiger partial charge in [0.25, 0.3) is 17.5 Å². The maximum Gasteiger partial charge on any atom is 0.335 e. The number of hydrogen-bond acceptors (Lipinski definition) is 8. The number of ether oxygens (including phenoxy) is 1. The number of rotatable bonds is 7. The molecule has 0 saturated carbocycles. The summed E-state index contributed by atoms with van der Waals surface area (Å²) in [6, 6.07) is 17.2. The van der Waals surface area contributed by atoms with Gasteiger partial charge >= 0.3 is 11.7 Å². The quantitative estimate of drug-likeness (QED) is 0.108. The first-order valence-electron chi connectivity index (χ1n) is 12.5. The minimum atomic E-state index is -0.850. The smallest absolute Gasteiger partial charge is 0.335 e. The van der Waals surface area contributed by atoms with Gasteiger partial charge in [-0.2, -0.15) is 0 Å². The number of halogens is 1. The van der Waals surface area contributed by atoms with Crippen molar-refractivity contribution in [1.82, 2.24) is 9.88 Å². The lowest BCUT2D eigenvalue weighted by Crippen LogP contribution is -2.54. The molecule has 216 valence electrons. The lowest BCUT2D eigenvalue weighted by Gasteiger charge is -2.26. The number of benzene rings is 3. The molecule has 0 atom stereocenters. The van der Waals surface area contributed by atoms with E-state index in [2.05, 4.69) is 21.2 Å². The van der Waals surface area contributed by atoms with E-state index in [0.717, 1.165) is 28.8 Å². The molecule has 1 aromatic heterocycles. The third-order valence-electron chi connectivity index (χ3n) is 6.61. The summed E-state index contributed by atoms with van der Waals surface area (Å²) in [6.07, 6.45) is 1.43. The van der Waals surface area contributed by atoms with Gasteiger partial charge in [0, 0.05) is 27.6 Å². The molecule has 0 spiro atoms. The lowest BCUT2D eigenvalue weighted by atomic mass is 10.1. The second-order valence-electron chi connectivity index (χ2n) is 9.36. The average molecular weight is 646 g/mol. The summed E-state index contributed by atoms with van der Waals surface area (Å²) in [5.41, 5.74) is 1.82. The molecule has 3 aromatic carbocycles. The van der Waals surface area contributed by atoms with Crippen LogP contribution < -0.4 is 15.0 Å². The normalized spacial score (nSPS) is 14.2. The number of imide groups is 2. The highest BCUT2D eigenvalue weighted by molar-refractivity contribution is 9.10. The largest absolute Gasteiger partial charge is 0.450 e. The Labute approximate surface area is 251 Å². The molecule has 1 aliphatic heterocycles. The van der Waals surface area contributed by atoms with E-state index in [1.54, 1.807) is 61.5 Å². The third-order valence-corrected chi connectivity index (χ3v) is 7.10. The molecule has 2 heterocycles. The van der Waals surface area contributed by atoms with Crippen LogP contribution in [0.15, 0.2) is 82.8 Å². The van der Waals surface area contributed by atoms with E-state index < -0.39 is 39.1 Å². The van der Waals surface area contributed by atoms with Crippen LogP contribution in [0.5, 0.6) is 11.5 Å². The SMILES string of the molecule is Cc1cc(/C=C2\C(=O)NC(=O)N(c3cccc(Br)c3)C2=O)c(C)n1-c1ccc(Oc2ccc([N+](=O)[O-])cc2[N+](=O)[O-])cc1. The Bertz CT molecular complexity index is 1880. The number of amides is 4. The van der Waals surface area contributed by atoms with E-state index in [1.807, 2.05) is 11.5 Å². The second-order valence-corrected chi connectivity index (χ2v) is 10.3. The maximum absolute atomic E-state index is 13.3. The number of nitrogens with zero attached hydrogens (tertiary/aromatic N) is 4. The van der Waals surface area contributed by atoms with Gasteiger partial charge in [0.2, 0.25) is 5.75 Å². The first kappa shape index (κ1) is 28.9. The van der Waals surface area contributed by atoms with Crippen molar-refractivity contribution >= 4 is 56.9 Å². The Balaban J connectivity index is 1.43. The van der Waals surface area contributed by atoms with Gasteiger partial charge < -0.3 is 9.30 Å². The molecule has 5 rings (SSSR count). The number of aryl methyl sites for hydroxylation is 1. The fourth-order valence-corrected chi connectivity index (χ4v) is 5.02. The molecule has 1 saturated heterocycles. The Morgan fingerprint density at radius 2 is 1.60 bits per heavy atom. The highest BCUT2D eigenvalue weighted by atomic mass is 79.9. The maximum atomic E-state index is 13.3. The Kier molecular flexibility index (Phi) is 7.61. The fraction of sp³-hybridized carbons (Fsp3) is 0.0690. The number of barbiturate groups is 1. The number of non-ortho nitro benzene ring substituents is 1. The van der Waals surface area contributed by atoms with Crippen LogP contribution in [0.3, 0.4) is 0 Å². The lowest BCUT2D eigenvalue weighted by molar-refractivity contribution is -0.394. The number of aromatic nitrogens is 1. The molecule has 1 fully saturated rings. The Morgan fingerprint density at radius 3 is 2.26 bits per heavy atom. The van der Waals surface area contributed by atoms with E-state index in [1.165, 1.54) is 6.08 Å². The van der Waals surface area contributed by atoms with Crippen LogP contribution >= 0.6 is 15.9 Å². The van der Waals surface area contributed by atoms with Crippen molar-refractivity contribution in [3.8, 4) is 17.2 Å². The number of nitro groups is 2. The monoisotopic (exact) mass is 645 g/mol. The summed E-state index contributed by atoms with van der Waals surface area (Å²) in [6.45, 7) is 3.63. The minimum Gasteiger partial charge on any atom is -0.450 e. The highest BCUT2D eigenvalue weighted by Crippen LogP contribution is 2.35. The van der Waals surface area contributed by atoms with Crippen molar-refractivity contribution in [1.29, 1.82) is 0 Å². The van der Waals surface area contributed by atoms with Gasteiger partial charge in [0.05, 0.1) is 21.6 Å². The van der Waals surface area contributed by atoms with Crippen LogP contribution in [-0.2, 0) is 9.59 Å². The van der Waals surface area contributed by atoms with Crippen molar-refractivity contribution in [3.63, 3.8) is 0 Å². The van der Waals surface area contributed by atoms with Crippen LogP contribution in [0.1, 0.15) is 17.0 Å². The highest BCUT2D eigenvalue weighted by Gasteiger charge is 2.37. The fourth-order valence-electron chi connectivity index (χ4n) is 4.63. The van der Waals surface area contributed by atoms with Crippen LogP contribution in [0.25, 0.3) is 11.8 Å². The third kappa shape index (κ3) is 5.63. The zero-order chi connectivity index (χ0) is 31.0. The molecule has 0 bridgehead atoms. The Hall–Kier alpha value is -5.63. The van der Waals surface area contributed by atoms with E-state index in [0.29, 0.717) is 27.1 Å². The van der Waals surface area contributed by atoms with Crippen LogP contribution in [0.2, 0.25) is 0 Å². The van der Waals surface area contributed by atoms with Crippen LogP contribution in [-0.4, -0.2) is 32.3 Å². The summed E-state index contributed by atoms with van der Waals surface area (Å²) in [5.74, 6) is -1.48. The predicted octanol–water partition coefficient (Wildman–Crippen LogP) is 6.13. The van der Waals surface area contributed by atoms with Crippen molar-refractivity contribution in [2.45, 2.75) is 13.8 Å². The topological polar surface area (TPSA) is 167 Å². The number of anilines is 1. The molecule has 1 aliphatic rings. The van der Waals surface area contributed by atoms with Gasteiger partial charge in [0.15, 0.2) is 0 Å². The summed E-state index contributed by atoms with van der Waals surface area (Å²) < 4.78 is 8.17. The van der Waals surface area contributed by atoms with Crippen LogP contribution in [0, 0.1) is 34.1 Å². The first-order valence-corrected chi connectivity index (χ1v) is 13.3. The first-order chi connectivity index (χ1) is 20.4. The van der Waals surface area contributed by atoms with Crippen molar-refractivity contribution in [3.05, 3.63) is 120 Å².